The minimum atomic E-state index is -0.969. The number of hydrogen-bond acceptors (Lipinski definition) is 3. The van der Waals surface area contributed by atoms with Crippen molar-refractivity contribution in [3.63, 3.8) is 0 Å². The molecule has 1 aromatic carbocycles. The van der Waals surface area contributed by atoms with Crippen LogP contribution in [0.25, 0.3) is 0 Å². The second-order valence-corrected chi connectivity index (χ2v) is 7.21. The van der Waals surface area contributed by atoms with Crippen LogP contribution in [0.5, 0.6) is 0 Å². The van der Waals surface area contributed by atoms with Crippen molar-refractivity contribution in [2.75, 3.05) is 6.54 Å². The molecule has 0 saturated carbocycles. The highest BCUT2D eigenvalue weighted by Crippen LogP contribution is 2.23. The number of carboxylic acids is 1. The second kappa shape index (κ2) is 6.79. The quantitative estimate of drug-likeness (QED) is 0.792. The van der Waals surface area contributed by atoms with Gasteiger partial charge >= 0.3 is 5.97 Å². The number of thioether (sulfide) groups is 1. The highest BCUT2D eigenvalue weighted by Gasteiger charge is 2.27. The predicted octanol–water partition coefficient (Wildman–Crippen LogP) is 3.03. The first-order valence-corrected chi connectivity index (χ1v) is 7.38. The fourth-order valence-electron chi connectivity index (χ4n) is 1.44. The summed E-state index contributed by atoms with van der Waals surface area (Å²) in [4.78, 5) is 24.0. The lowest BCUT2D eigenvalue weighted by atomic mass is 9.94. The lowest BCUT2D eigenvalue weighted by molar-refractivity contribution is -0.146. The van der Waals surface area contributed by atoms with Crippen LogP contribution in [0.4, 0.5) is 0 Å². The molecule has 5 heteroatoms. The molecule has 1 aromatic rings. The molecule has 2 N–H and O–H groups in total. The van der Waals surface area contributed by atoms with E-state index in [2.05, 4.69) is 19.2 Å². The largest absolute Gasteiger partial charge is 0.481 e. The summed E-state index contributed by atoms with van der Waals surface area (Å²) in [5.41, 5.74) is -0.428. The Bertz CT molecular complexity index is 480. The Kier molecular flexibility index (Phi) is 5.62. The molecule has 0 unspecified atom stereocenters. The summed E-state index contributed by atoms with van der Waals surface area (Å²) >= 11 is 1.73. The van der Waals surface area contributed by atoms with Gasteiger partial charge in [0.2, 0.25) is 0 Å². The summed E-state index contributed by atoms with van der Waals surface area (Å²) in [6.45, 7) is 7.48. The molecule has 20 heavy (non-hydrogen) atoms. The third kappa shape index (κ3) is 4.89. The molecule has 1 amide bonds. The molecular weight excluding hydrogens is 274 g/mol. The van der Waals surface area contributed by atoms with E-state index >= 15 is 0 Å². The third-order valence-corrected chi connectivity index (χ3v) is 3.77. The van der Waals surface area contributed by atoms with E-state index in [1.807, 2.05) is 12.1 Å². The molecule has 0 atom stereocenters. The zero-order valence-electron chi connectivity index (χ0n) is 12.3. The summed E-state index contributed by atoms with van der Waals surface area (Å²) < 4.78 is 0. The molecule has 0 radical (unpaired) electrons. The van der Waals surface area contributed by atoms with Gasteiger partial charge in [0.15, 0.2) is 0 Å². The van der Waals surface area contributed by atoms with Gasteiger partial charge in [-0.15, -0.1) is 11.8 Å². The van der Waals surface area contributed by atoms with Crippen molar-refractivity contribution in [3.05, 3.63) is 29.8 Å². The number of carbonyl (C=O) groups excluding carboxylic acids is 1. The molecule has 0 aromatic heterocycles. The molecule has 0 saturated heterocycles. The van der Waals surface area contributed by atoms with Gasteiger partial charge in [-0.2, -0.15) is 0 Å². The molecule has 0 bridgehead atoms. The maximum absolute atomic E-state index is 11.9. The number of rotatable bonds is 6. The highest BCUT2D eigenvalue weighted by molar-refractivity contribution is 7.99. The number of carboxylic acid groups (broad SMARTS) is 1. The fraction of sp³-hybridized carbons (Fsp3) is 0.467. The average molecular weight is 295 g/mol. The van der Waals surface area contributed by atoms with Crippen LogP contribution >= 0.6 is 11.8 Å². The molecule has 0 fully saturated rings. The molecule has 0 aliphatic heterocycles. The lowest BCUT2D eigenvalue weighted by Crippen LogP contribution is -2.38. The first kappa shape index (κ1) is 16.6. The molecule has 4 nitrogen and oxygen atoms in total. The van der Waals surface area contributed by atoms with Gasteiger partial charge in [0.1, 0.15) is 0 Å². The maximum atomic E-state index is 11.9. The first-order valence-electron chi connectivity index (χ1n) is 6.50. The highest BCUT2D eigenvalue weighted by atomic mass is 32.2. The van der Waals surface area contributed by atoms with Crippen molar-refractivity contribution in [1.29, 1.82) is 0 Å². The van der Waals surface area contributed by atoms with Crippen molar-refractivity contribution < 1.29 is 14.7 Å². The zero-order valence-corrected chi connectivity index (χ0v) is 13.1. The Labute approximate surface area is 124 Å². The number of amides is 1. The van der Waals surface area contributed by atoms with E-state index in [0.29, 0.717) is 10.8 Å². The van der Waals surface area contributed by atoms with E-state index < -0.39 is 11.4 Å². The van der Waals surface area contributed by atoms with Crippen LogP contribution in [0.3, 0.4) is 0 Å². The molecule has 0 heterocycles. The second-order valence-electron chi connectivity index (χ2n) is 5.56. The van der Waals surface area contributed by atoms with Gasteiger partial charge in [0.05, 0.1) is 5.41 Å². The summed E-state index contributed by atoms with van der Waals surface area (Å²) in [6, 6.07) is 7.32. The van der Waals surface area contributed by atoms with Gasteiger partial charge in [-0.3, -0.25) is 9.59 Å². The summed E-state index contributed by atoms with van der Waals surface area (Å²) in [5, 5.41) is 12.1. The Morgan fingerprint density at radius 1 is 1.25 bits per heavy atom. The van der Waals surface area contributed by atoms with Crippen molar-refractivity contribution in [3.8, 4) is 0 Å². The standard InChI is InChI=1S/C15H21NO3S/c1-10(2)20-12-7-5-11(6-8-12)13(17)16-9-15(3,4)14(18)19/h5-8,10H,9H2,1-4H3,(H,16,17)(H,18,19). The van der Waals surface area contributed by atoms with E-state index in [-0.39, 0.29) is 12.5 Å². The van der Waals surface area contributed by atoms with Crippen LogP contribution in [0, 0.1) is 5.41 Å². The van der Waals surface area contributed by atoms with Crippen LogP contribution in [-0.2, 0) is 4.79 Å². The van der Waals surface area contributed by atoms with E-state index in [1.54, 1.807) is 37.7 Å². The minimum Gasteiger partial charge on any atom is -0.481 e. The number of aliphatic carboxylic acids is 1. The van der Waals surface area contributed by atoms with E-state index in [0.717, 1.165) is 4.90 Å². The Morgan fingerprint density at radius 3 is 2.25 bits per heavy atom. The Morgan fingerprint density at radius 2 is 1.80 bits per heavy atom. The first-order chi connectivity index (χ1) is 9.22. The lowest BCUT2D eigenvalue weighted by Gasteiger charge is -2.19. The smallest absolute Gasteiger partial charge is 0.310 e. The minimum absolute atomic E-state index is 0.101. The van der Waals surface area contributed by atoms with Gasteiger partial charge in [-0.25, -0.2) is 0 Å². The fourth-order valence-corrected chi connectivity index (χ4v) is 2.27. The van der Waals surface area contributed by atoms with Crippen LogP contribution in [0.1, 0.15) is 38.1 Å². The van der Waals surface area contributed by atoms with Crippen LogP contribution in [-0.4, -0.2) is 28.8 Å². The normalized spacial score (nSPS) is 11.4. The summed E-state index contributed by atoms with van der Waals surface area (Å²) in [5.74, 6) is -1.18. The van der Waals surface area contributed by atoms with E-state index in [4.69, 9.17) is 5.11 Å². The van der Waals surface area contributed by atoms with Gasteiger partial charge in [-0.1, -0.05) is 13.8 Å². The number of hydrogen-bond donors (Lipinski definition) is 2. The Hall–Kier alpha value is -1.49. The molecule has 0 spiro atoms. The van der Waals surface area contributed by atoms with Crippen LogP contribution in [0.2, 0.25) is 0 Å². The molecular formula is C15H21NO3S. The summed E-state index contributed by atoms with van der Waals surface area (Å²) in [6.07, 6.45) is 0. The number of carbonyl (C=O) groups is 2. The average Bonchev–Trinajstić information content (AvgIpc) is 2.36. The van der Waals surface area contributed by atoms with Crippen molar-refractivity contribution in [2.45, 2.75) is 37.8 Å². The van der Waals surface area contributed by atoms with Crippen molar-refractivity contribution in [2.24, 2.45) is 5.41 Å². The van der Waals surface area contributed by atoms with Crippen LogP contribution < -0.4 is 5.32 Å². The van der Waals surface area contributed by atoms with Gasteiger partial charge in [0.25, 0.3) is 5.91 Å². The summed E-state index contributed by atoms with van der Waals surface area (Å²) in [7, 11) is 0. The molecule has 110 valence electrons. The molecule has 0 aliphatic carbocycles. The topological polar surface area (TPSA) is 66.4 Å². The van der Waals surface area contributed by atoms with Gasteiger partial charge in [-0.05, 0) is 38.1 Å². The van der Waals surface area contributed by atoms with E-state index in [1.165, 1.54) is 0 Å². The van der Waals surface area contributed by atoms with Crippen LogP contribution in [0.15, 0.2) is 29.2 Å². The number of nitrogens with one attached hydrogen (secondary N) is 1. The van der Waals surface area contributed by atoms with Crippen molar-refractivity contribution >= 4 is 23.6 Å². The molecule has 1 rings (SSSR count). The SMILES string of the molecule is CC(C)Sc1ccc(C(=O)NCC(C)(C)C(=O)O)cc1. The maximum Gasteiger partial charge on any atom is 0.310 e. The monoisotopic (exact) mass is 295 g/mol. The van der Waals surface area contributed by atoms with Crippen molar-refractivity contribution in [1.82, 2.24) is 5.32 Å². The van der Waals surface area contributed by atoms with Gasteiger partial charge < -0.3 is 10.4 Å². The van der Waals surface area contributed by atoms with E-state index in [9.17, 15) is 9.59 Å². The van der Waals surface area contributed by atoms with Gasteiger partial charge in [0, 0.05) is 22.3 Å². The number of benzene rings is 1. The zero-order chi connectivity index (χ0) is 15.3. The Balaban J connectivity index is 2.62. The molecule has 0 aliphatic rings. The predicted molar refractivity (Wildman–Crippen MR) is 81.2 cm³/mol. The third-order valence-electron chi connectivity index (χ3n) is 2.76.